The van der Waals surface area contributed by atoms with Crippen LogP contribution in [0.2, 0.25) is 0 Å². The van der Waals surface area contributed by atoms with Crippen LogP contribution in [-0.4, -0.2) is 28.7 Å². The molecule has 1 aromatic heterocycles. The smallest absolute Gasteiger partial charge is 0.292 e. The molecule has 7 heteroatoms. The zero-order valence-corrected chi connectivity index (χ0v) is 8.15. The Morgan fingerprint density at radius 2 is 2.21 bits per heavy atom. The van der Waals surface area contributed by atoms with Crippen LogP contribution < -0.4 is 0 Å². The van der Waals surface area contributed by atoms with Gasteiger partial charge in [0.05, 0.1) is 0 Å². The highest BCUT2D eigenvalue weighted by atomic mass is 32.2. The summed E-state index contributed by atoms with van der Waals surface area (Å²) in [6.07, 6.45) is 1.32. The molecule has 0 amide bonds. The summed E-state index contributed by atoms with van der Waals surface area (Å²) < 4.78 is 29.8. The third-order valence-electron chi connectivity index (χ3n) is 1.47. The lowest BCUT2D eigenvalue weighted by atomic mass is 10.2. The maximum Gasteiger partial charge on any atom is 0.330 e. The van der Waals surface area contributed by atoms with E-state index < -0.39 is 15.3 Å². The molecule has 1 rings (SSSR count). The summed E-state index contributed by atoms with van der Waals surface area (Å²) in [5.41, 5.74) is -0.0184. The first-order valence-electron chi connectivity index (χ1n) is 3.79. The van der Waals surface area contributed by atoms with Gasteiger partial charge in [0.1, 0.15) is 5.69 Å². The van der Waals surface area contributed by atoms with Gasteiger partial charge in [-0.15, -0.1) is 0 Å². The molecule has 0 radical (unpaired) electrons. The summed E-state index contributed by atoms with van der Waals surface area (Å²) >= 11 is 0. The van der Waals surface area contributed by atoms with Gasteiger partial charge in [0.2, 0.25) is 0 Å². The normalized spacial score (nSPS) is 11.3. The van der Waals surface area contributed by atoms with E-state index in [4.69, 9.17) is 4.55 Å². The number of hydrogen-bond donors (Lipinski definition) is 1. The average molecular weight is 216 g/mol. The molecule has 0 saturated heterocycles. The highest BCUT2D eigenvalue weighted by Gasteiger charge is 2.15. The van der Waals surface area contributed by atoms with E-state index in [0.29, 0.717) is 0 Å². The maximum atomic E-state index is 11.1. The fraction of sp³-hybridized carbons (Fsp3) is 0.286. The van der Waals surface area contributed by atoms with E-state index in [1.807, 2.05) is 0 Å². The Bertz CT molecular complexity index is 455. The SMILES string of the molecule is CCC(=O)c1ccnc(S(=O)(=O)O)n1. The number of carbonyl (C=O) groups excluding carboxylic acids is 1. The van der Waals surface area contributed by atoms with Crippen molar-refractivity contribution in [3.8, 4) is 0 Å². The zero-order chi connectivity index (χ0) is 10.8. The van der Waals surface area contributed by atoms with Crippen LogP contribution in [0.3, 0.4) is 0 Å². The molecule has 0 aliphatic carbocycles. The van der Waals surface area contributed by atoms with Crippen LogP contribution in [0.5, 0.6) is 0 Å². The van der Waals surface area contributed by atoms with E-state index in [0.717, 1.165) is 6.20 Å². The Balaban J connectivity index is 3.21. The molecule has 0 unspecified atom stereocenters. The lowest BCUT2D eigenvalue weighted by molar-refractivity contribution is 0.0982. The van der Waals surface area contributed by atoms with Crippen LogP contribution in [0, 0.1) is 0 Å². The van der Waals surface area contributed by atoms with E-state index in [9.17, 15) is 13.2 Å². The molecule has 1 heterocycles. The summed E-state index contributed by atoms with van der Waals surface area (Å²) in [4.78, 5) is 17.9. The van der Waals surface area contributed by atoms with Crippen molar-refractivity contribution in [1.29, 1.82) is 0 Å². The van der Waals surface area contributed by atoms with Gasteiger partial charge in [0.15, 0.2) is 5.78 Å². The fourth-order valence-corrected chi connectivity index (χ4v) is 1.21. The Labute approximate surface area is 80.8 Å². The Morgan fingerprint density at radius 3 is 2.71 bits per heavy atom. The number of rotatable bonds is 3. The van der Waals surface area contributed by atoms with Crippen LogP contribution >= 0.6 is 0 Å². The van der Waals surface area contributed by atoms with Gasteiger partial charge in [-0.05, 0) is 6.07 Å². The summed E-state index contributed by atoms with van der Waals surface area (Å²) in [6, 6.07) is 1.29. The molecule has 1 aromatic rings. The largest absolute Gasteiger partial charge is 0.330 e. The van der Waals surface area contributed by atoms with Crippen molar-refractivity contribution in [1.82, 2.24) is 9.97 Å². The van der Waals surface area contributed by atoms with E-state index in [1.54, 1.807) is 6.92 Å². The second-order valence-electron chi connectivity index (χ2n) is 2.48. The fourth-order valence-electron chi connectivity index (χ4n) is 0.802. The van der Waals surface area contributed by atoms with Crippen molar-refractivity contribution in [3.63, 3.8) is 0 Å². The van der Waals surface area contributed by atoms with E-state index in [-0.39, 0.29) is 17.9 Å². The number of Topliss-reactive ketones (excluding diaryl/α,β-unsaturated/α-hetero) is 1. The minimum absolute atomic E-state index is 0.0184. The molecule has 14 heavy (non-hydrogen) atoms. The number of aromatic nitrogens is 2. The number of hydrogen-bond acceptors (Lipinski definition) is 5. The van der Waals surface area contributed by atoms with Crippen molar-refractivity contribution in [2.24, 2.45) is 0 Å². The molecule has 0 fully saturated rings. The molecule has 0 spiro atoms. The third kappa shape index (κ3) is 2.33. The molecule has 1 N–H and O–H groups in total. The molecule has 0 saturated carbocycles. The molecule has 0 aliphatic heterocycles. The Hall–Kier alpha value is -1.34. The van der Waals surface area contributed by atoms with Crippen molar-refractivity contribution < 1.29 is 17.8 Å². The standard InChI is InChI=1S/C7H8N2O4S/c1-2-6(10)5-3-4-8-7(9-5)14(11,12)13/h3-4H,2H2,1H3,(H,11,12,13). The molecule has 0 bridgehead atoms. The molecular formula is C7H8N2O4S. The van der Waals surface area contributed by atoms with E-state index in [2.05, 4.69) is 9.97 Å². The minimum Gasteiger partial charge on any atom is -0.292 e. The summed E-state index contributed by atoms with van der Waals surface area (Å²) in [5.74, 6) is -0.308. The molecule has 6 nitrogen and oxygen atoms in total. The van der Waals surface area contributed by atoms with Gasteiger partial charge < -0.3 is 0 Å². The topological polar surface area (TPSA) is 97.2 Å². The van der Waals surface area contributed by atoms with Crippen LogP contribution in [0.4, 0.5) is 0 Å². The summed E-state index contributed by atoms with van der Waals surface area (Å²) in [5, 5.41) is -0.753. The summed E-state index contributed by atoms with van der Waals surface area (Å²) in [7, 11) is -4.44. The average Bonchev–Trinajstić information content (AvgIpc) is 2.15. The van der Waals surface area contributed by atoms with Crippen LogP contribution in [-0.2, 0) is 10.1 Å². The van der Waals surface area contributed by atoms with Gasteiger partial charge in [0, 0.05) is 12.6 Å². The first-order chi connectivity index (χ1) is 6.45. The van der Waals surface area contributed by atoms with Crippen molar-refractivity contribution in [3.05, 3.63) is 18.0 Å². The quantitative estimate of drug-likeness (QED) is 0.444. The number of carbonyl (C=O) groups is 1. The maximum absolute atomic E-state index is 11.1. The first kappa shape index (κ1) is 10.7. The molecule has 0 aromatic carbocycles. The van der Waals surface area contributed by atoms with E-state index >= 15 is 0 Å². The van der Waals surface area contributed by atoms with Crippen molar-refractivity contribution in [2.75, 3.05) is 0 Å². The summed E-state index contributed by atoms with van der Waals surface area (Å²) in [6.45, 7) is 1.62. The highest BCUT2D eigenvalue weighted by Crippen LogP contribution is 2.04. The van der Waals surface area contributed by atoms with Gasteiger partial charge in [-0.25, -0.2) is 9.97 Å². The molecule has 76 valence electrons. The zero-order valence-electron chi connectivity index (χ0n) is 7.34. The predicted molar refractivity (Wildman–Crippen MR) is 46.5 cm³/mol. The number of nitrogens with zero attached hydrogens (tertiary/aromatic N) is 2. The van der Waals surface area contributed by atoms with Crippen molar-refractivity contribution >= 4 is 15.9 Å². The van der Waals surface area contributed by atoms with Crippen LogP contribution in [0.1, 0.15) is 23.8 Å². The van der Waals surface area contributed by atoms with Crippen LogP contribution in [0.25, 0.3) is 0 Å². The predicted octanol–water partition coefficient (Wildman–Crippen LogP) is 0.316. The van der Waals surface area contributed by atoms with E-state index in [1.165, 1.54) is 6.07 Å². The Kier molecular flexibility index (Phi) is 2.92. The lowest BCUT2D eigenvalue weighted by Crippen LogP contribution is -2.09. The van der Waals surface area contributed by atoms with Gasteiger partial charge in [-0.2, -0.15) is 8.42 Å². The Morgan fingerprint density at radius 1 is 1.57 bits per heavy atom. The van der Waals surface area contributed by atoms with Gasteiger partial charge in [-0.3, -0.25) is 9.35 Å². The lowest BCUT2D eigenvalue weighted by Gasteiger charge is -1.98. The first-order valence-corrected chi connectivity index (χ1v) is 5.23. The van der Waals surface area contributed by atoms with Gasteiger partial charge >= 0.3 is 10.1 Å². The third-order valence-corrected chi connectivity index (χ3v) is 2.13. The second-order valence-corrected chi connectivity index (χ2v) is 3.79. The molecule has 0 aliphatic rings. The highest BCUT2D eigenvalue weighted by molar-refractivity contribution is 7.85. The number of ketones is 1. The van der Waals surface area contributed by atoms with Gasteiger partial charge in [-0.1, -0.05) is 6.92 Å². The second kappa shape index (κ2) is 3.81. The van der Waals surface area contributed by atoms with Crippen LogP contribution in [0.15, 0.2) is 17.4 Å². The van der Waals surface area contributed by atoms with Gasteiger partial charge in [0.25, 0.3) is 5.16 Å². The monoisotopic (exact) mass is 216 g/mol. The molecular weight excluding hydrogens is 208 g/mol. The minimum atomic E-state index is -4.44. The molecule has 0 atom stereocenters. The van der Waals surface area contributed by atoms with Crippen molar-refractivity contribution in [2.45, 2.75) is 18.5 Å².